The van der Waals surface area contributed by atoms with E-state index in [0.29, 0.717) is 6.04 Å². The quantitative estimate of drug-likeness (QED) is 0.507. The van der Waals surface area contributed by atoms with Crippen LogP contribution in [0.15, 0.2) is 0 Å². The Morgan fingerprint density at radius 3 is 2.45 bits per heavy atom. The van der Waals surface area contributed by atoms with Crippen molar-refractivity contribution >= 4 is 28.3 Å². The summed E-state index contributed by atoms with van der Waals surface area (Å²) in [6, 6.07) is 0.378. The van der Waals surface area contributed by atoms with Gasteiger partial charge in [0.05, 0.1) is 11.2 Å². The summed E-state index contributed by atoms with van der Waals surface area (Å²) in [4.78, 5) is 10.5. The maximum atomic E-state index is 10.5. The molecule has 0 radical (unpaired) electrons. The molecule has 1 rings (SSSR count). The van der Waals surface area contributed by atoms with Crippen molar-refractivity contribution in [1.29, 1.82) is 0 Å². The molecule has 0 aromatic rings. The van der Waals surface area contributed by atoms with Crippen LogP contribution in [-0.4, -0.2) is 16.8 Å². The minimum atomic E-state index is 0.378. The number of halogens is 1. The molecule has 0 aromatic carbocycles. The number of carbonyl (C=O) groups excluding carboxylic acids is 1. The molecule has 0 atom stereocenters. The Balaban J connectivity index is 2.35. The Morgan fingerprint density at radius 2 is 2.00 bits per heavy atom. The number of carbonyl (C=O) groups is 1. The molecule has 0 aliphatic heterocycles. The van der Waals surface area contributed by atoms with Gasteiger partial charge in [-0.25, -0.2) is 0 Å². The summed E-state index contributed by atoms with van der Waals surface area (Å²) in [6.45, 7) is 0. The zero-order valence-electron chi connectivity index (χ0n) is 6.33. The number of rotatable bonds is 3. The van der Waals surface area contributed by atoms with E-state index in [9.17, 15) is 4.79 Å². The van der Waals surface area contributed by atoms with Crippen LogP contribution in [0.5, 0.6) is 0 Å². The predicted molar refractivity (Wildman–Crippen MR) is 48.2 cm³/mol. The van der Waals surface area contributed by atoms with Crippen LogP contribution in [0.1, 0.15) is 32.1 Å². The number of hydrogen-bond donors (Lipinski definition) is 0. The van der Waals surface area contributed by atoms with E-state index >= 15 is 0 Å². The lowest BCUT2D eigenvalue weighted by atomic mass is 9.96. The van der Waals surface area contributed by atoms with Gasteiger partial charge in [0.2, 0.25) is 6.41 Å². The Bertz CT molecular complexity index is 128. The predicted octanol–water partition coefficient (Wildman–Crippen LogP) is 2.58. The van der Waals surface area contributed by atoms with Gasteiger partial charge in [0.25, 0.3) is 0 Å². The lowest BCUT2D eigenvalue weighted by Gasteiger charge is -2.27. The third kappa shape index (κ3) is 2.56. The van der Waals surface area contributed by atoms with Crippen molar-refractivity contribution in [2.75, 3.05) is 0 Å². The molecular formula is C7H12ClNOS. The van der Waals surface area contributed by atoms with E-state index in [2.05, 4.69) is 0 Å². The SMILES string of the molecule is O=CN(SCl)C1CCCCC1. The summed E-state index contributed by atoms with van der Waals surface area (Å²) >= 11 is 1.01. The van der Waals surface area contributed by atoms with Gasteiger partial charge in [0.1, 0.15) is 0 Å². The summed E-state index contributed by atoms with van der Waals surface area (Å²) in [5, 5.41) is 0. The average molecular weight is 194 g/mol. The Labute approximate surface area is 75.9 Å². The Kier molecular flexibility index (Phi) is 4.08. The first-order valence-corrected chi connectivity index (χ1v) is 5.51. The average Bonchev–Trinajstić information content (AvgIpc) is 2.09. The molecule has 1 saturated carbocycles. The molecular weight excluding hydrogens is 182 g/mol. The van der Waals surface area contributed by atoms with Crippen molar-refractivity contribution in [1.82, 2.24) is 4.31 Å². The van der Waals surface area contributed by atoms with Crippen LogP contribution in [0, 0.1) is 0 Å². The van der Waals surface area contributed by atoms with Crippen LogP contribution in [0.4, 0.5) is 0 Å². The number of hydrogen-bond acceptors (Lipinski definition) is 2. The highest BCUT2D eigenvalue weighted by molar-refractivity contribution is 8.19. The van der Waals surface area contributed by atoms with Crippen LogP contribution in [-0.2, 0) is 4.79 Å². The second-order valence-corrected chi connectivity index (χ2v) is 3.80. The fourth-order valence-electron chi connectivity index (χ4n) is 1.49. The second kappa shape index (κ2) is 4.88. The van der Waals surface area contributed by atoms with Crippen molar-refractivity contribution in [3.05, 3.63) is 0 Å². The first kappa shape index (κ1) is 9.20. The van der Waals surface area contributed by atoms with Crippen LogP contribution < -0.4 is 0 Å². The highest BCUT2D eigenvalue weighted by Gasteiger charge is 2.19. The monoisotopic (exact) mass is 193 g/mol. The molecule has 0 saturated heterocycles. The zero-order chi connectivity index (χ0) is 8.10. The molecule has 0 N–H and O–H groups in total. The smallest absolute Gasteiger partial charge is 0.220 e. The molecule has 0 unspecified atom stereocenters. The van der Waals surface area contributed by atoms with E-state index in [0.717, 1.165) is 30.4 Å². The number of amides is 1. The van der Waals surface area contributed by atoms with Gasteiger partial charge >= 0.3 is 0 Å². The molecule has 1 aliphatic carbocycles. The van der Waals surface area contributed by atoms with Gasteiger partial charge in [0.15, 0.2) is 0 Å². The molecule has 0 heterocycles. The first-order valence-electron chi connectivity index (χ1n) is 3.91. The third-order valence-electron chi connectivity index (χ3n) is 2.12. The topological polar surface area (TPSA) is 20.3 Å². The van der Waals surface area contributed by atoms with Crippen molar-refractivity contribution in [3.63, 3.8) is 0 Å². The van der Waals surface area contributed by atoms with Gasteiger partial charge in [-0.05, 0) is 23.5 Å². The minimum Gasteiger partial charge on any atom is -0.278 e. The zero-order valence-corrected chi connectivity index (χ0v) is 7.90. The van der Waals surface area contributed by atoms with Crippen LogP contribution >= 0.6 is 21.8 Å². The van der Waals surface area contributed by atoms with Gasteiger partial charge in [-0.15, -0.1) is 0 Å². The third-order valence-corrected chi connectivity index (χ3v) is 3.14. The summed E-state index contributed by atoms with van der Waals surface area (Å²) < 4.78 is 1.61. The lowest BCUT2D eigenvalue weighted by molar-refractivity contribution is -0.115. The molecule has 1 aliphatic rings. The van der Waals surface area contributed by atoms with Gasteiger partial charge in [-0.3, -0.25) is 9.10 Å². The van der Waals surface area contributed by atoms with Gasteiger partial charge in [-0.2, -0.15) is 0 Å². The maximum Gasteiger partial charge on any atom is 0.220 e. The summed E-state index contributed by atoms with van der Waals surface area (Å²) in [5.74, 6) is 0. The van der Waals surface area contributed by atoms with E-state index < -0.39 is 0 Å². The highest BCUT2D eigenvalue weighted by atomic mass is 35.7. The summed E-state index contributed by atoms with van der Waals surface area (Å²) in [6.07, 6.45) is 6.81. The van der Waals surface area contributed by atoms with Crippen molar-refractivity contribution in [2.45, 2.75) is 38.1 Å². The summed E-state index contributed by atoms with van der Waals surface area (Å²) in [5.41, 5.74) is 0. The number of nitrogens with zero attached hydrogens (tertiary/aromatic N) is 1. The van der Waals surface area contributed by atoms with E-state index in [1.807, 2.05) is 0 Å². The van der Waals surface area contributed by atoms with Gasteiger partial charge < -0.3 is 0 Å². The molecule has 1 fully saturated rings. The Morgan fingerprint density at radius 1 is 1.36 bits per heavy atom. The molecule has 0 bridgehead atoms. The standard InChI is InChI=1S/C7H12ClNOS/c8-11-9(6-10)7-4-2-1-3-5-7/h6-7H,1-5H2. The maximum absolute atomic E-state index is 10.5. The van der Waals surface area contributed by atoms with Crippen LogP contribution in [0.3, 0.4) is 0 Å². The molecule has 0 aromatic heterocycles. The highest BCUT2D eigenvalue weighted by Crippen LogP contribution is 2.27. The normalized spacial score (nSPS) is 19.7. The van der Waals surface area contributed by atoms with Crippen molar-refractivity contribution in [3.8, 4) is 0 Å². The lowest BCUT2D eigenvalue weighted by Crippen LogP contribution is -2.29. The molecule has 64 valence electrons. The van der Waals surface area contributed by atoms with E-state index in [1.54, 1.807) is 4.31 Å². The van der Waals surface area contributed by atoms with E-state index in [-0.39, 0.29) is 0 Å². The molecule has 4 heteroatoms. The molecule has 2 nitrogen and oxygen atoms in total. The van der Waals surface area contributed by atoms with E-state index in [4.69, 9.17) is 10.7 Å². The van der Waals surface area contributed by atoms with Crippen molar-refractivity contribution < 1.29 is 4.79 Å². The van der Waals surface area contributed by atoms with Crippen LogP contribution in [0.2, 0.25) is 0 Å². The summed E-state index contributed by atoms with van der Waals surface area (Å²) in [7, 11) is 5.51. The molecule has 0 spiro atoms. The van der Waals surface area contributed by atoms with Crippen LogP contribution in [0.25, 0.3) is 0 Å². The van der Waals surface area contributed by atoms with E-state index in [1.165, 1.54) is 19.3 Å². The fourth-order valence-corrected chi connectivity index (χ4v) is 2.29. The van der Waals surface area contributed by atoms with Gasteiger partial charge in [0, 0.05) is 6.04 Å². The largest absolute Gasteiger partial charge is 0.278 e. The fraction of sp³-hybridized carbons (Fsp3) is 0.857. The molecule has 1 amide bonds. The second-order valence-electron chi connectivity index (χ2n) is 2.83. The Hall–Kier alpha value is 0.110. The van der Waals surface area contributed by atoms with Crippen molar-refractivity contribution in [2.24, 2.45) is 0 Å². The molecule has 11 heavy (non-hydrogen) atoms. The first-order chi connectivity index (χ1) is 5.38. The minimum absolute atomic E-state index is 0.378. The van der Waals surface area contributed by atoms with Gasteiger partial charge in [-0.1, -0.05) is 19.3 Å².